The first-order valence-electron chi connectivity index (χ1n) is 4.03. The molecule has 0 aliphatic rings. The molecular formula is C9H6BrN3OS. The van der Waals surface area contributed by atoms with E-state index in [1.54, 1.807) is 12.3 Å². The van der Waals surface area contributed by atoms with Crippen LogP contribution in [0.25, 0.3) is 10.7 Å². The van der Waals surface area contributed by atoms with Crippen molar-refractivity contribution in [3.8, 4) is 10.7 Å². The number of hydrogen-bond donors (Lipinski definition) is 1. The summed E-state index contributed by atoms with van der Waals surface area (Å²) in [6.07, 6.45) is 2.37. The van der Waals surface area contributed by atoms with Gasteiger partial charge < -0.3 is 5.73 Å². The molecule has 0 fully saturated rings. The van der Waals surface area contributed by atoms with Gasteiger partial charge in [0.2, 0.25) is 0 Å². The van der Waals surface area contributed by atoms with Crippen molar-refractivity contribution in [2.45, 2.75) is 0 Å². The molecule has 2 aromatic rings. The number of aromatic nitrogens is 2. The standard InChI is InChI=1S/C9H6BrN3OS/c10-8-5(4-14)6(11)3-7(13-8)9-12-1-2-15-9/h1-4H,(H2,11,13). The number of nitrogens with two attached hydrogens (primary N) is 1. The van der Waals surface area contributed by atoms with E-state index in [1.807, 2.05) is 5.38 Å². The smallest absolute Gasteiger partial charge is 0.154 e. The first-order valence-corrected chi connectivity index (χ1v) is 5.70. The molecule has 2 N–H and O–H groups in total. The first-order chi connectivity index (χ1) is 7.22. The molecular weight excluding hydrogens is 278 g/mol. The molecule has 0 aliphatic heterocycles. The molecule has 0 unspecified atom stereocenters. The van der Waals surface area contributed by atoms with E-state index in [9.17, 15) is 4.79 Å². The zero-order valence-electron chi connectivity index (χ0n) is 7.48. The highest BCUT2D eigenvalue weighted by Gasteiger charge is 2.10. The van der Waals surface area contributed by atoms with Gasteiger partial charge in [-0.3, -0.25) is 4.79 Å². The van der Waals surface area contributed by atoms with Crippen molar-refractivity contribution < 1.29 is 4.79 Å². The molecule has 4 nitrogen and oxygen atoms in total. The highest BCUT2D eigenvalue weighted by atomic mass is 79.9. The Labute approximate surface area is 98.3 Å². The third-order valence-corrected chi connectivity index (χ3v) is 3.21. The van der Waals surface area contributed by atoms with Crippen LogP contribution in [-0.2, 0) is 0 Å². The van der Waals surface area contributed by atoms with Gasteiger partial charge in [-0.15, -0.1) is 11.3 Å². The fraction of sp³-hybridized carbons (Fsp3) is 0. The van der Waals surface area contributed by atoms with Gasteiger partial charge in [-0.2, -0.15) is 0 Å². The van der Waals surface area contributed by atoms with Gasteiger partial charge in [0.05, 0.1) is 5.56 Å². The number of hydrogen-bond acceptors (Lipinski definition) is 5. The van der Waals surface area contributed by atoms with Crippen LogP contribution in [0.4, 0.5) is 5.69 Å². The van der Waals surface area contributed by atoms with Crippen molar-refractivity contribution in [3.63, 3.8) is 0 Å². The molecule has 0 spiro atoms. The Morgan fingerprint density at radius 3 is 2.87 bits per heavy atom. The van der Waals surface area contributed by atoms with Crippen LogP contribution in [0.3, 0.4) is 0 Å². The van der Waals surface area contributed by atoms with Crippen molar-refractivity contribution in [3.05, 3.63) is 27.8 Å². The topological polar surface area (TPSA) is 68.9 Å². The monoisotopic (exact) mass is 283 g/mol. The molecule has 15 heavy (non-hydrogen) atoms. The van der Waals surface area contributed by atoms with Crippen LogP contribution in [0.2, 0.25) is 0 Å². The Morgan fingerprint density at radius 1 is 1.53 bits per heavy atom. The number of pyridine rings is 1. The van der Waals surface area contributed by atoms with E-state index < -0.39 is 0 Å². The highest BCUT2D eigenvalue weighted by Crippen LogP contribution is 2.27. The summed E-state index contributed by atoms with van der Waals surface area (Å²) in [7, 11) is 0. The Bertz CT molecular complexity index is 475. The van der Waals surface area contributed by atoms with Crippen molar-refractivity contribution in [1.82, 2.24) is 9.97 Å². The molecule has 0 atom stereocenters. The number of anilines is 1. The zero-order valence-corrected chi connectivity index (χ0v) is 9.88. The third kappa shape index (κ3) is 1.91. The lowest BCUT2D eigenvalue weighted by Crippen LogP contribution is -1.98. The van der Waals surface area contributed by atoms with Gasteiger partial charge in [0.1, 0.15) is 15.3 Å². The van der Waals surface area contributed by atoms with E-state index in [0.717, 1.165) is 5.01 Å². The second-order valence-corrected chi connectivity index (χ2v) is 4.40. The maximum absolute atomic E-state index is 10.7. The molecule has 0 aliphatic carbocycles. The highest BCUT2D eigenvalue weighted by molar-refractivity contribution is 9.10. The number of carbonyl (C=O) groups is 1. The molecule has 0 saturated carbocycles. The summed E-state index contributed by atoms with van der Waals surface area (Å²) >= 11 is 4.67. The van der Waals surface area contributed by atoms with Crippen LogP contribution in [0, 0.1) is 0 Å². The quantitative estimate of drug-likeness (QED) is 0.679. The normalized spacial score (nSPS) is 10.2. The van der Waals surface area contributed by atoms with Crippen LogP contribution in [-0.4, -0.2) is 16.3 Å². The maximum Gasteiger partial charge on any atom is 0.154 e. The summed E-state index contributed by atoms with van der Waals surface area (Å²) < 4.78 is 0.447. The number of rotatable bonds is 2. The van der Waals surface area contributed by atoms with Gasteiger partial charge in [0.25, 0.3) is 0 Å². The summed E-state index contributed by atoms with van der Waals surface area (Å²) in [6.45, 7) is 0. The molecule has 0 aromatic carbocycles. The number of nitrogen functional groups attached to an aromatic ring is 1. The second-order valence-electron chi connectivity index (χ2n) is 2.76. The van der Waals surface area contributed by atoms with Crippen LogP contribution in [0.5, 0.6) is 0 Å². The Hall–Kier alpha value is -1.27. The minimum atomic E-state index is 0.371. The van der Waals surface area contributed by atoms with Gasteiger partial charge >= 0.3 is 0 Å². The average molecular weight is 284 g/mol. The molecule has 0 saturated heterocycles. The summed E-state index contributed by atoms with van der Waals surface area (Å²) in [5, 5.41) is 2.63. The molecule has 76 valence electrons. The number of thiazole rings is 1. The predicted octanol–water partition coefficient (Wildman–Crippen LogP) is 2.36. The minimum Gasteiger partial charge on any atom is -0.398 e. The zero-order chi connectivity index (χ0) is 10.8. The van der Waals surface area contributed by atoms with Crippen molar-refractivity contribution >= 4 is 39.2 Å². The van der Waals surface area contributed by atoms with Crippen molar-refractivity contribution in [2.24, 2.45) is 0 Å². The van der Waals surface area contributed by atoms with E-state index >= 15 is 0 Å². The fourth-order valence-corrected chi connectivity index (χ4v) is 2.23. The lowest BCUT2D eigenvalue weighted by Gasteiger charge is -2.03. The van der Waals surface area contributed by atoms with Crippen LogP contribution in [0.1, 0.15) is 10.4 Å². The Kier molecular flexibility index (Phi) is 2.79. The molecule has 0 bridgehead atoms. The van der Waals surface area contributed by atoms with Gasteiger partial charge in [-0.05, 0) is 22.0 Å². The largest absolute Gasteiger partial charge is 0.398 e. The molecule has 6 heteroatoms. The summed E-state index contributed by atoms with van der Waals surface area (Å²) in [5.41, 5.74) is 7.15. The van der Waals surface area contributed by atoms with Gasteiger partial charge in [0.15, 0.2) is 6.29 Å². The number of nitrogens with zero attached hydrogens (tertiary/aromatic N) is 2. The second kappa shape index (κ2) is 4.08. The van der Waals surface area contributed by atoms with Gasteiger partial charge in [-0.25, -0.2) is 9.97 Å². The van der Waals surface area contributed by atoms with Gasteiger partial charge in [0, 0.05) is 17.3 Å². The van der Waals surface area contributed by atoms with E-state index in [1.165, 1.54) is 11.3 Å². The van der Waals surface area contributed by atoms with Crippen LogP contribution >= 0.6 is 27.3 Å². The van der Waals surface area contributed by atoms with Crippen LogP contribution in [0.15, 0.2) is 22.2 Å². The Balaban J connectivity index is 2.58. The summed E-state index contributed by atoms with van der Waals surface area (Å²) in [5.74, 6) is 0. The molecule has 2 rings (SSSR count). The number of carbonyl (C=O) groups excluding carboxylic acids is 1. The SMILES string of the molecule is Nc1cc(-c2nccs2)nc(Br)c1C=O. The number of halogens is 1. The summed E-state index contributed by atoms with van der Waals surface area (Å²) in [6, 6.07) is 1.65. The van der Waals surface area contributed by atoms with Crippen molar-refractivity contribution in [2.75, 3.05) is 5.73 Å². The van der Waals surface area contributed by atoms with E-state index in [4.69, 9.17) is 5.73 Å². The van der Waals surface area contributed by atoms with E-state index in [-0.39, 0.29) is 0 Å². The maximum atomic E-state index is 10.7. The molecule has 2 heterocycles. The minimum absolute atomic E-state index is 0.371. The van der Waals surface area contributed by atoms with Crippen LogP contribution < -0.4 is 5.73 Å². The molecule has 0 amide bonds. The fourth-order valence-electron chi connectivity index (χ4n) is 1.12. The summed E-state index contributed by atoms with van der Waals surface area (Å²) in [4.78, 5) is 19.0. The number of aldehydes is 1. The molecule has 2 aromatic heterocycles. The van der Waals surface area contributed by atoms with Crippen molar-refractivity contribution in [1.29, 1.82) is 0 Å². The van der Waals surface area contributed by atoms with E-state index in [0.29, 0.717) is 27.8 Å². The third-order valence-electron chi connectivity index (χ3n) is 1.81. The predicted molar refractivity (Wildman–Crippen MR) is 62.8 cm³/mol. The van der Waals surface area contributed by atoms with Gasteiger partial charge in [-0.1, -0.05) is 0 Å². The average Bonchev–Trinajstić information content (AvgIpc) is 2.69. The van der Waals surface area contributed by atoms with E-state index in [2.05, 4.69) is 25.9 Å². The molecule has 0 radical (unpaired) electrons. The Morgan fingerprint density at radius 2 is 2.33 bits per heavy atom. The lowest BCUT2D eigenvalue weighted by molar-refractivity contribution is 0.112. The first kappa shape index (κ1) is 10.3. The lowest BCUT2D eigenvalue weighted by atomic mass is 10.2.